The van der Waals surface area contributed by atoms with Gasteiger partial charge in [0.05, 0.1) is 15.8 Å². The van der Waals surface area contributed by atoms with Crippen molar-refractivity contribution in [1.29, 1.82) is 0 Å². The van der Waals surface area contributed by atoms with Crippen molar-refractivity contribution in [2.75, 3.05) is 13.1 Å². The van der Waals surface area contributed by atoms with Gasteiger partial charge < -0.3 is 9.53 Å². The first-order valence-electron chi connectivity index (χ1n) is 12.6. The number of aliphatic carboxylic acids is 1. The normalized spacial score (nSPS) is 26.8. The lowest BCUT2D eigenvalue weighted by Gasteiger charge is -2.57. The Morgan fingerprint density at radius 2 is 1.94 bits per heavy atom. The van der Waals surface area contributed by atoms with E-state index in [2.05, 4.69) is 70.0 Å². The number of nitrogens with zero attached hydrogens (tertiary/aromatic N) is 2. The number of amides is 1. The molecule has 2 fully saturated rings. The Labute approximate surface area is 219 Å². The zero-order valence-corrected chi connectivity index (χ0v) is 24.4. The average Bonchev–Trinajstić information content (AvgIpc) is 3.35. The molecule has 0 aromatic heterocycles. The highest BCUT2D eigenvalue weighted by atomic mass is 32.2. The van der Waals surface area contributed by atoms with Gasteiger partial charge in [-0.25, -0.2) is 4.79 Å². The first kappa shape index (κ1) is 26.8. The molecule has 9 heteroatoms. The Bertz CT molecular complexity index is 997. The van der Waals surface area contributed by atoms with Gasteiger partial charge in [-0.2, -0.15) is 0 Å². The third-order valence-corrected chi connectivity index (χ3v) is 11.1. The van der Waals surface area contributed by atoms with Crippen LogP contribution in [0.5, 0.6) is 0 Å². The minimum Gasteiger partial charge on any atom is -0.477 e. The van der Waals surface area contributed by atoms with Gasteiger partial charge in [0.2, 0.25) is 5.91 Å². The minimum atomic E-state index is -1.45. The second-order valence-corrected chi connectivity index (χ2v) is 16.1. The van der Waals surface area contributed by atoms with Crippen molar-refractivity contribution in [3.63, 3.8) is 0 Å². The van der Waals surface area contributed by atoms with E-state index in [1.54, 1.807) is 23.5 Å². The Morgan fingerprint density at radius 3 is 2.51 bits per heavy atom. The summed E-state index contributed by atoms with van der Waals surface area (Å²) in [6.45, 7) is 15.6. The van der Waals surface area contributed by atoms with Gasteiger partial charge in [0.15, 0.2) is 14.7 Å². The number of fused-ring (bicyclic) bond motifs is 1. The van der Waals surface area contributed by atoms with Crippen LogP contribution in [-0.2, 0) is 20.6 Å². The summed E-state index contributed by atoms with van der Waals surface area (Å²) in [5, 5.41) is 10.2. The molecule has 4 rings (SSSR count). The summed E-state index contributed by atoms with van der Waals surface area (Å²) >= 11 is 3.22. The molecule has 1 N–H and O–H groups in total. The summed E-state index contributed by atoms with van der Waals surface area (Å²) < 4.78 is 7.45. The SMILES string of the molecule is CC[C@](O[SiH](C)C)([C@@H]1C(=O)N2C(C(=O)O)=C(S[C@H]3CCN(Cc4ccccc4)C3)S[C@H]12)C(C)(C)C. The van der Waals surface area contributed by atoms with E-state index in [0.717, 1.165) is 36.7 Å². The number of rotatable bonds is 9. The van der Waals surface area contributed by atoms with Gasteiger partial charge in [0, 0.05) is 18.3 Å². The Kier molecular flexibility index (Phi) is 7.84. The molecule has 0 saturated carbocycles. The van der Waals surface area contributed by atoms with Crippen LogP contribution in [0.15, 0.2) is 40.3 Å². The molecule has 6 nitrogen and oxygen atoms in total. The van der Waals surface area contributed by atoms with Gasteiger partial charge in [-0.1, -0.05) is 69.8 Å². The lowest BCUT2D eigenvalue weighted by Crippen LogP contribution is -2.70. The molecular weight excluding hydrogens is 497 g/mol. The van der Waals surface area contributed by atoms with Gasteiger partial charge in [-0.3, -0.25) is 14.6 Å². The molecule has 0 aliphatic carbocycles. The lowest BCUT2D eigenvalue weighted by molar-refractivity contribution is -0.177. The Balaban J connectivity index is 1.51. The summed E-state index contributed by atoms with van der Waals surface area (Å²) in [5.41, 5.74) is 0.633. The number of benzene rings is 1. The van der Waals surface area contributed by atoms with Crippen LogP contribution < -0.4 is 0 Å². The number of carbonyl (C=O) groups excluding carboxylic acids is 1. The average molecular weight is 535 g/mol. The summed E-state index contributed by atoms with van der Waals surface area (Å²) in [6.07, 6.45) is 1.74. The van der Waals surface area contributed by atoms with E-state index in [1.165, 1.54) is 10.5 Å². The molecule has 3 aliphatic heterocycles. The standard InChI is InChI=1S/C26H38N2O4S2Si/c1-7-26(25(2,3)4,32-35(5)6)19-21(29)28-20(23(30)31)24(34-22(19)28)33-18-13-14-27(16-18)15-17-11-9-8-10-12-17/h8-12,18-19,22,35H,7,13-16H2,1-6H3,(H,30,31)/t18-,19+,22+,26-/m0/s1. The molecule has 0 spiro atoms. The molecule has 1 amide bonds. The maximum atomic E-state index is 13.6. The van der Waals surface area contributed by atoms with E-state index in [9.17, 15) is 14.7 Å². The van der Waals surface area contributed by atoms with Crippen molar-refractivity contribution >= 4 is 44.4 Å². The summed E-state index contributed by atoms with van der Waals surface area (Å²) in [7, 11) is -1.45. The predicted octanol–water partition coefficient (Wildman–Crippen LogP) is 4.97. The second kappa shape index (κ2) is 10.2. The number of carbonyl (C=O) groups is 2. The molecule has 3 aliphatic rings. The first-order valence-corrected chi connectivity index (χ1v) is 17.1. The van der Waals surface area contributed by atoms with Crippen molar-refractivity contribution in [3.8, 4) is 0 Å². The van der Waals surface area contributed by atoms with E-state index in [0.29, 0.717) is 5.25 Å². The summed E-state index contributed by atoms with van der Waals surface area (Å²) in [5.74, 6) is -1.44. The van der Waals surface area contributed by atoms with E-state index < -0.39 is 20.6 Å². The number of carboxylic acids is 1. The third-order valence-electron chi connectivity index (χ3n) is 7.40. The molecule has 3 heterocycles. The molecule has 1 aromatic carbocycles. The number of likely N-dealkylation sites (tertiary alicyclic amines) is 1. The Morgan fingerprint density at radius 1 is 1.26 bits per heavy atom. The van der Waals surface area contributed by atoms with E-state index in [1.807, 2.05) is 6.07 Å². The zero-order chi connectivity index (χ0) is 25.5. The highest BCUT2D eigenvalue weighted by Crippen LogP contribution is 2.60. The largest absolute Gasteiger partial charge is 0.477 e. The highest BCUT2D eigenvalue weighted by molar-refractivity contribution is 8.23. The van der Waals surface area contributed by atoms with Gasteiger partial charge in [0.1, 0.15) is 5.37 Å². The number of thioether (sulfide) groups is 2. The van der Waals surface area contributed by atoms with Gasteiger partial charge in [0.25, 0.3) is 0 Å². The van der Waals surface area contributed by atoms with Crippen LogP contribution in [0.3, 0.4) is 0 Å². The lowest BCUT2D eigenvalue weighted by atomic mass is 9.64. The monoisotopic (exact) mass is 534 g/mol. The quantitative estimate of drug-likeness (QED) is 0.354. The molecule has 2 saturated heterocycles. The topological polar surface area (TPSA) is 70.1 Å². The number of carboxylic acid groups (broad SMARTS) is 1. The summed E-state index contributed by atoms with van der Waals surface area (Å²) in [4.78, 5) is 29.8. The summed E-state index contributed by atoms with van der Waals surface area (Å²) in [6, 6.07) is 10.4. The fraction of sp³-hybridized carbons (Fsp3) is 0.615. The van der Waals surface area contributed by atoms with Gasteiger partial charge in [-0.05, 0) is 43.5 Å². The number of hydrogen-bond donors (Lipinski definition) is 1. The molecule has 1 aromatic rings. The maximum Gasteiger partial charge on any atom is 0.354 e. The van der Waals surface area contributed by atoms with Crippen molar-refractivity contribution in [1.82, 2.24) is 9.80 Å². The third kappa shape index (κ3) is 4.99. The van der Waals surface area contributed by atoms with Gasteiger partial charge in [-0.15, -0.1) is 11.8 Å². The van der Waals surface area contributed by atoms with Crippen LogP contribution in [0.2, 0.25) is 13.1 Å². The highest BCUT2D eigenvalue weighted by Gasteiger charge is 2.66. The van der Waals surface area contributed by atoms with Crippen molar-refractivity contribution in [3.05, 3.63) is 45.8 Å². The fourth-order valence-electron chi connectivity index (χ4n) is 5.79. The molecular formula is C26H38N2O4S2Si. The molecule has 35 heavy (non-hydrogen) atoms. The van der Waals surface area contributed by atoms with E-state index in [4.69, 9.17) is 4.43 Å². The van der Waals surface area contributed by atoms with E-state index >= 15 is 0 Å². The van der Waals surface area contributed by atoms with Crippen LogP contribution in [-0.4, -0.2) is 65.1 Å². The Hall–Kier alpha value is -1.26. The van der Waals surface area contributed by atoms with E-state index in [-0.39, 0.29) is 28.3 Å². The van der Waals surface area contributed by atoms with Crippen molar-refractivity contribution < 1.29 is 19.1 Å². The fourth-order valence-corrected chi connectivity index (χ4v) is 10.6. The number of hydrogen-bond acceptors (Lipinski definition) is 6. The smallest absolute Gasteiger partial charge is 0.354 e. The molecule has 0 bridgehead atoms. The minimum absolute atomic E-state index is 0.0981. The van der Waals surface area contributed by atoms with Crippen LogP contribution in [0, 0.1) is 11.3 Å². The molecule has 0 radical (unpaired) electrons. The second-order valence-electron chi connectivity index (χ2n) is 11.0. The molecule has 4 atom stereocenters. The number of β-lactam (4-membered cyclic amide) rings is 1. The molecule has 0 unspecified atom stereocenters. The van der Waals surface area contributed by atoms with Crippen LogP contribution in [0.25, 0.3) is 0 Å². The van der Waals surface area contributed by atoms with Crippen LogP contribution in [0.1, 0.15) is 46.1 Å². The van der Waals surface area contributed by atoms with Crippen LogP contribution in [0.4, 0.5) is 0 Å². The first-order chi connectivity index (χ1) is 16.5. The molecule has 192 valence electrons. The zero-order valence-electron chi connectivity index (χ0n) is 21.6. The predicted molar refractivity (Wildman–Crippen MR) is 147 cm³/mol. The maximum absolute atomic E-state index is 13.6. The van der Waals surface area contributed by atoms with Crippen molar-refractivity contribution in [2.45, 2.75) is 76.4 Å². The van der Waals surface area contributed by atoms with Crippen LogP contribution >= 0.6 is 23.5 Å². The van der Waals surface area contributed by atoms with Gasteiger partial charge >= 0.3 is 5.97 Å². The van der Waals surface area contributed by atoms with Crippen molar-refractivity contribution in [2.24, 2.45) is 11.3 Å².